The van der Waals surface area contributed by atoms with Crippen LogP contribution in [0.25, 0.3) is 105 Å². The van der Waals surface area contributed by atoms with Gasteiger partial charge in [-0.3, -0.25) is 0 Å². The molecule has 0 spiro atoms. The van der Waals surface area contributed by atoms with Crippen molar-refractivity contribution in [2.24, 2.45) is 0 Å². The molecule has 0 fully saturated rings. The lowest BCUT2D eigenvalue weighted by atomic mass is 10.1. The first kappa shape index (κ1) is 31.6. The second kappa shape index (κ2) is 12.4. The van der Waals surface area contributed by atoms with Gasteiger partial charge in [0.15, 0.2) is 0 Å². The molecular formula is C53H34N4. The van der Waals surface area contributed by atoms with Crippen LogP contribution in [0.4, 0.5) is 0 Å². The van der Waals surface area contributed by atoms with Crippen molar-refractivity contribution in [3.63, 3.8) is 0 Å². The minimum absolute atomic E-state index is 0.911. The molecule has 12 aromatic rings. The number of para-hydroxylation sites is 6. The zero-order valence-corrected chi connectivity index (χ0v) is 30.9. The van der Waals surface area contributed by atoms with Crippen LogP contribution in [0.2, 0.25) is 0 Å². The maximum atomic E-state index is 5.51. The minimum atomic E-state index is 0.911. The Morgan fingerprint density at radius 1 is 0.246 bits per heavy atom. The van der Waals surface area contributed by atoms with Crippen molar-refractivity contribution in [3.05, 3.63) is 206 Å². The van der Waals surface area contributed by atoms with Crippen LogP contribution < -0.4 is 0 Å². The Kier molecular flexibility index (Phi) is 6.89. The Bertz CT molecular complexity index is 3210. The predicted molar refractivity (Wildman–Crippen MR) is 238 cm³/mol. The molecule has 4 heterocycles. The number of nitrogens with zero attached hydrogens (tertiary/aromatic N) is 4. The molecule has 0 unspecified atom stereocenters. The van der Waals surface area contributed by atoms with Crippen LogP contribution in [-0.4, -0.2) is 18.7 Å². The third-order valence-corrected chi connectivity index (χ3v) is 11.6. The van der Waals surface area contributed by atoms with E-state index in [-0.39, 0.29) is 0 Å². The fourth-order valence-electron chi connectivity index (χ4n) is 9.15. The van der Waals surface area contributed by atoms with E-state index in [4.69, 9.17) is 4.98 Å². The molecule has 4 aromatic heterocycles. The Labute approximate surface area is 328 Å². The first-order chi connectivity index (χ1) is 28.3. The van der Waals surface area contributed by atoms with Crippen LogP contribution in [0, 0.1) is 0 Å². The monoisotopic (exact) mass is 726 g/mol. The lowest BCUT2D eigenvalue weighted by molar-refractivity contribution is 1.15. The third-order valence-electron chi connectivity index (χ3n) is 11.6. The molecule has 0 aliphatic heterocycles. The van der Waals surface area contributed by atoms with Crippen molar-refractivity contribution in [2.75, 3.05) is 0 Å². The van der Waals surface area contributed by atoms with Crippen molar-refractivity contribution in [1.82, 2.24) is 18.7 Å². The van der Waals surface area contributed by atoms with Crippen LogP contribution in [0.15, 0.2) is 206 Å². The standard InChI is InChI=1S/C53H34N4/c1-7-25-48-40(19-1)41-20-2-8-26-49(41)55(48)37-17-13-15-35(31-37)46-33-39(57-52-29-11-5-23-44(52)45-24-6-12-30-53(45)57)34-47(54-46)36-16-14-18-38(32-36)56-50-27-9-3-21-42(50)43-22-4-10-28-51(43)56/h1-34H. The van der Waals surface area contributed by atoms with Crippen LogP contribution in [0.5, 0.6) is 0 Å². The van der Waals surface area contributed by atoms with Crippen LogP contribution in [-0.2, 0) is 0 Å². The van der Waals surface area contributed by atoms with Gasteiger partial charge < -0.3 is 13.7 Å². The molecule has 8 aromatic carbocycles. The van der Waals surface area contributed by atoms with Crippen LogP contribution in [0.3, 0.4) is 0 Å². The molecule has 0 aliphatic carbocycles. The minimum Gasteiger partial charge on any atom is -0.309 e. The van der Waals surface area contributed by atoms with E-state index in [1.54, 1.807) is 0 Å². The molecule has 4 nitrogen and oxygen atoms in total. The maximum absolute atomic E-state index is 5.51. The number of pyridine rings is 1. The molecule has 0 saturated heterocycles. The van der Waals surface area contributed by atoms with Gasteiger partial charge in [0.05, 0.1) is 50.2 Å². The van der Waals surface area contributed by atoms with E-state index in [1.165, 1.54) is 65.4 Å². The normalized spacial score (nSPS) is 11.9. The molecule has 0 aliphatic rings. The van der Waals surface area contributed by atoms with E-state index in [0.717, 1.165) is 39.6 Å². The number of rotatable bonds is 5. The summed E-state index contributed by atoms with van der Waals surface area (Å²) < 4.78 is 7.15. The van der Waals surface area contributed by atoms with E-state index in [2.05, 4.69) is 220 Å². The molecule has 0 N–H and O–H groups in total. The van der Waals surface area contributed by atoms with Crippen molar-refractivity contribution in [2.45, 2.75) is 0 Å². The summed E-state index contributed by atoms with van der Waals surface area (Å²) in [6.45, 7) is 0. The van der Waals surface area contributed by atoms with Crippen LogP contribution in [0.1, 0.15) is 0 Å². The quantitative estimate of drug-likeness (QED) is 0.174. The highest BCUT2D eigenvalue weighted by Gasteiger charge is 2.18. The molecule has 57 heavy (non-hydrogen) atoms. The SMILES string of the molecule is c1cc(-c2cc(-n3c4ccccc4c4ccccc43)cc(-c3cccc(-n4c5ccccc5c5ccccc54)c3)n2)cc(-n2c3ccccc3c3ccccc32)c1. The number of hydrogen-bond acceptors (Lipinski definition) is 1. The summed E-state index contributed by atoms with van der Waals surface area (Å²) in [6, 6.07) is 74.3. The van der Waals surface area contributed by atoms with Gasteiger partial charge in [-0.15, -0.1) is 0 Å². The average molecular weight is 727 g/mol. The van der Waals surface area contributed by atoms with E-state index in [1.807, 2.05) is 0 Å². The first-order valence-corrected chi connectivity index (χ1v) is 19.5. The van der Waals surface area contributed by atoms with Crippen molar-refractivity contribution >= 4 is 65.4 Å². The van der Waals surface area contributed by atoms with Gasteiger partial charge in [-0.2, -0.15) is 0 Å². The highest BCUT2D eigenvalue weighted by Crippen LogP contribution is 2.38. The number of fused-ring (bicyclic) bond motifs is 9. The summed E-state index contributed by atoms with van der Waals surface area (Å²) in [7, 11) is 0. The van der Waals surface area contributed by atoms with Crippen molar-refractivity contribution < 1.29 is 0 Å². The Morgan fingerprint density at radius 3 is 0.842 bits per heavy atom. The fourth-order valence-corrected chi connectivity index (χ4v) is 9.15. The molecule has 4 heteroatoms. The van der Waals surface area contributed by atoms with Crippen LogP contribution >= 0.6 is 0 Å². The van der Waals surface area contributed by atoms with E-state index < -0.39 is 0 Å². The topological polar surface area (TPSA) is 27.7 Å². The Balaban J connectivity index is 1.10. The largest absolute Gasteiger partial charge is 0.309 e. The number of hydrogen-bond donors (Lipinski definition) is 0. The first-order valence-electron chi connectivity index (χ1n) is 19.5. The van der Waals surface area contributed by atoms with Crippen molar-refractivity contribution in [1.29, 1.82) is 0 Å². The Morgan fingerprint density at radius 2 is 0.526 bits per heavy atom. The number of aromatic nitrogens is 4. The summed E-state index contributed by atoms with van der Waals surface area (Å²) in [5, 5.41) is 7.45. The van der Waals surface area contributed by atoms with Crippen molar-refractivity contribution in [3.8, 4) is 39.6 Å². The second-order valence-electron chi connectivity index (χ2n) is 14.8. The molecule has 0 atom stereocenters. The molecule has 12 rings (SSSR count). The van der Waals surface area contributed by atoms with Gasteiger partial charge in [0.25, 0.3) is 0 Å². The highest BCUT2D eigenvalue weighted by atomic mass is 15.0. The summed E-state index contributed by atoms with van der Waals surface area (Å²) >= 11 is 0. The van der Waals surface area contributed by atoms with Gasteiger partial charge >= 0.3 is 0 Å². The van der Waals surface area contributed by atoms with Gasteiger partial charge in [0, 0.05) is 54.8 Å². The maximum Gasteiger partial charge on any atom is 0.0731 e. The van der Waals surface area contributed by atoms with Gasteiger partial charge in [-0.05, 0) is 72.8 Å². The fraction of sp³-hybridized carbons (Fsp3) is 0. The second-order valence-corrected chi connectivity index (χ2v) is 14.8. The summed E-state index contributed by atoms with van der Waals surface area (Å²) in [6.07, 6.45) is 0. The molecule has 0 saturated carbocycles. The highest BCUT2D eigenvalue weighted by molar-refractivity contribution is 6.11. The van der Waals surface area contributed by atoms with E-state index in [9.17, 15) is 0 Å². The molecular weight excluding hydrogens is 693 g/mol. The van der Waals surface area contributed by atoms with E-state index >= 15 is 0 Å². The number of benzene rings is 8. The van der Waals surface area contributed by atoms with Gasteiger partial charge in [0.2, 0.25) is 0 Å². The van der Waals surface area contributed by atoms with Gasteiger partial charge in [-0.1, -0.05) is 133 Å². The summed E-state index contributed by atoms with van der Waals surface area (Å²) in [5.74, 6) is 0. The summed E-state index contributed by atoms with van der Waals surface area (Å²) in [5.41, 5.74) is 14.3. The molecule has 0 radical (unpaired) electrons. The molecule has 0 amide bonds. The Hall–Kier alpha value is -7.69. The zero-order valence-electron chi connectivity index (χ0n) is 30.9. The van der Waals surface area contributed by atoms with Gasteiger partial charge in [0.1, 0.15) is 0 Å². The smallest absolute Gasteiger partial charge is 0.0731 e. The predicted octanol–water partition coefficient (Wildman–Crippen LogP) is 13.7. The lowest BCUT2D eigenvalue weighted by Crippen LogP contribution is -2.00. The summed E-state index contributed by atoms with van der Waals surface area (Å²) in [4.78, 5) is 5.51. The third kappa shape index (κ3) is 4.84. The van der Waals surface area contributed by atoms with E-state index in [0.29, 0.717) is 0 Å². The van der Waals surface area contributed by atoms with Gasteiger partial charge in [-0.25, -0.2) is 4.98 Å². The average Bonchev–Trinajstić information content (AvgIpc) is 3.92. The zero-order chi connectivity index (χ0) is 37.5. The lowest BCUT2D eigenvalue weighted by Gasteiger charge is -2.15. The molecule has 266 valence electrons. The molecule has 0 bridgehead atoms.